The van der Waals surface area contributed by atoms with Crippen LogP contribution in [-0.2, 0) is 11.3 Å². The summed E-state index contributed by atoms with van der Waals surface area (Å²) in [5, 5.41) is -0.153. The second kappa shape index (κ2) is 6.49. The highest BCUT2D eigenvalue weighted by molar-refractivity contribution is 6.29. The monoisotopic (exact) mass is 320 g/mol. The van der Waals surface area contributed by atoms with E-state index in [2.05, 4.69) is 14.7 Å². The first-order chi connectivity index (χ1) is 9.15. The lowest BCUT2D eigenvalue weighted by Gasteiger charge is -2.19. The number of rotatable bonds is 6. The molecule has 1 aromatic heterocycles. The Bertz CT molecular complexity index is 456. The summed E-state index contributed by atoms with van der Waals surface area (Å²) >= 11 is 5.57. The third kappa shape index (κ3) is 4.71. The fraction of sp³-hybridized carbons (Fsp3) is 0.600. The smallest absolute Gasteiger partial charge is 0.456 e. The summed E-state index contributed by atoms with van der Waals surface area (Å²) in [5.41, 5.74) is 0. The molecule has 0 atom stereocenters. The standard InChI is InChI=1S/C10H10ClF5N2O2/c1-2-19-4-7-17-6(11)3-8(18-7)20-5-9(12,13)10(14,15)16/h3H,2,4-5H2,1H3. The maximum Gasteiger partial charge on any atom is 0.456 e. The minimum absolute atomic E-state index is 0.0182. The van der Waals surface area contributed by atoms with Gasteiger partial charge in [0, 0.05) is 12.7 Å². The van der Waals surface area contributed by atoms with Crippen LogP contribution in [-0.4, -0.2) is 35.3 Å². The van der Waals surface area contributed by atoms with Gasteiger partial charge in [0.2, 0.25) is 5.88 Å². The summed E-state index contributed by atoms with van der Waals surface area (Å²) in [5.74, 6) is -5.45. The van der Waals surface area contributed by atoms with E-state index in [0.717, 1.165) is 6.07 Å². The van der Waals surface area contributed by atoms with Crippen LogP contribution < -0.4 is 4.74 Å². The van der Waals surface area contributed by atoms with E-state index in [9.17, 15) is 22.0 Å². The molecule has 1 rings (SSSR count). The second-order valence-corrected chi connectivity index (χ2v) is 3.96. The number of ether oxygens (including phenoxy) is 2. The average Bonchev–Trinajstić information content (AvgIpc) is 2.32. The fourth-order valence-electron chi connectivity index (χ4n) is 1.02. The van der Waals surface area contributed by atoms with Crippen LogP contribution in [0.3, 0.4) is 0 Å². The lowest BCUT2D eigenvalue weighted by molar-refractivity contribution is -0.290. The highest BCUT2D eigenvalue weighted by Gasteiger charge is 2.58. The van der Waals surface area contributed by atoms with Crippen molar-refractivity contribution in [1.29, 1.82) is 0 Å². The Kier molecular flexibility index (Phi) is 5.46. The van der Waals surface area contributed by atoms with Gasteiger partial charge in [0.15, 0.2) is 12.4 Å². The third-order valence-corrected chi connectivity index (χ3v) is 2.16. The molecule has 0 aliphatic rings. The molecule has 4 nitrogen and oxygen atoms in total. The summed E-state index contributed by atoms with van der Waals surface area (Å²) in [4.78, 5) is 7.32. The molecule has 0 radical (unpaired) electrons. The van der Waals surface area contributed by atoms with Gasteiger partial charge >= 0.3 is 12.1 Å². The topological polar surface area (TPSA) is 44.2 Å². The van der Waals surface area contributed by atoms with Crippen molar-refractivity contribution in [2.45, 2.75) is 25.6 Å². The van der Waals surface area contributed by atoms with Crippen molar-refractivity contribution in [2.24, 2.45) is 0 Å². The Hall–Kier alpha value is -1.22. The van der Waals surface area contributed by atoms with Gasteiger partial charge in [0.25, 0.3) is 0 Å². The zero-order chi connectivity index (χ0) is 15.4. The highest BCUT2D eigenvalue weighted by atomic mass is 35.5. The molecule has 1 aromatic rings. The Morgan fingerprint density at radius 1 is 1.20 bits per heavy atom. The minimum Gasteiger partial charge on any atom is -0.471 e. The molecule has 0 aliphatic carbocycles. The predicted octanol–water partition coefficient (Wildman–Crippen LogP) is 3.24. The maximum atomic E-state index is 12.7. The van der Waals surface area contributed by atoms with Crippen LogP contribution in [0.1, 0.15) is 12.7 Å². The quantitative estimate of drug-likeness (QED) is 0.596. The second-order valence-electron chi connectivity index (χ2n) is 3.57. The van der Waals surface area contributed by atoms with Crippen molar-refractivity contribution in [3.63, 3.8) is 0 Å². The summed E-state index contributed by atoms with van der Waals surface area (Å²) < 4.78 is 70.5. The molecule has 0 N–H and O–H groups in total. The SMILES string of the molecule is CCOCc1nc(Cl)cc(OCC(F)(F)C(F)(F)F)n1. The lowest BCUT2D eigenvalue weighted by atomic mass is 10.3. The normalized spacial score (nSPS) is 12.6. The van der Waals surface area contributed by atoms with Crippen LogP contribution in [0.2, 0.25) is 5.15 Å². The van der Waals surface area contributed by atoms with E-state index in [1.54, 1.807) is 6.92 Å². The first-order valence-electron chi connectivity index (χ1n) is 5.34. The van der Waals surface area contributed by atoms with Gasteiger partial charge in [-0.05, 0) is 6.92 Å². The van der Waals surface area contributed by atoms with Gasteiger partial charge in [-0.3, -0.25) is 0 Å². The van der Waals surface area contributed by atoms with Crippen molar-refractivity contribution in [3.8, 4) is 5.88 Å². The van der Waals surface area contributed by atoms with Crippen LogP contribution in [0, 0.1) is 0 Å². The Labute approximate surface area is 115 Å². The van der Waals surface area contributed by atoms with Gasteiger partial charge < -0.3 is 9.47 Å². The van der Waals surface area contributed by atoms with E-state index in [1.165, 1.54) is 0 Å². The van der Waals surface area contributed by atoms with Gasteiger partial charge in [-0.1, -0.05) is 11.6 Å². The van der Waals surface area contributed by atoms with Gasteiger partial charge in [-0.25, -0.2) is 4.98 Å². The van der Waals surface area contributed by atoms with Crippen LogP contribution in [0.5, 0.6) is 5.88 Å². The molecule has 0 amide bonds. The number of hydrogen-bond donors (Lipinski definition) is 0. The molecule has 0 bridgehead atoms. The third-order valence-electron chi connectivity index (χ3n) is 1.97. The first-order valence-corrected chi connectivity index (χ1v) is 5.72. The van der Waals surface area contributed by atoms with Gasteiger partial charge in [0.05, 0.1) is 0 Å². The van der Waals surface area contributed by atoms with E-state index in [-0.39, 0.29) is 17.6 Å². The number of hydrogen-bond acceptors (Lipinski definition) is 4. The van der Waals surface area contributed by atoms with Crippen LogP contribution in [0.4, 0.5) is 22.0 Å². The molecule has 0 fully saturated rings. The number of halogens is 6. The van der Waals surface area contributed by atoms with Crippen molar-refractivity contribution in [1.82, 2.24) is 9.97 Å². The molecule has 114 valence electrons. The molecule has 0 unspecified atom stereocenters. The van der Waals surface area contributed by atoms with Crippen LogP contribution in [0.15, 0.2) is 6.07 Å². The number of alkyl halides is 5. The zero-order valence-electron chi connectivity index (χ0n) is 10.2. The van der Waals surface area contributed by atoms with Crippen molar-refractivity contribution in [3.05, 3.63) is 17.0 Å². The molecular weight excluding hydrogens is 311 g/mol. The Morgan fingerprint density at radius 3 is 2.40 bits per heavy atom. The van der Waals surface area contributed by atoms with Gasteiger partial charge in [-0.2, -0.15) is 26.9 Å². The molecule has 0 aliphatic heterocycles. The molecule has 10 heteroatoms. The molecule has 1 heterocycles. The van der Waals surface area contributed by atoms with E-state index in [0.29, 0.717) is 6.61 Å². The molecular formula is C10H10ClF5N2O2. The van der Waals surface area contributed by atoms with Crippen LogP contribution >= 0.6 is 11.6 Å². The summed E-state index contributed by atoms with van der Waals surface area (Å²) in [7, 11) is 0. The maximum absolute atomic E-state index is 12.7. The molecule has 20 heavy (non-hydrogen) atoms. The minimum atomic E-state index is -5.70. The van der Waals surface area contributed by atoms with E-state index in [1.807, 2.05) is 0 Å². The largest absolute Gasteiger partial charge is 0.471 e. The zero-order valence-corrected chi connectivity index (χ0v) is 10.9. The van der Waals surface area contributed by atoms with Crippen LogP contribution in [0.25, 0.3) is 0 Å². The average molecular weight is 321 g/mol. The Morgan fingerprint density at radius 2 is 1.85 bits per heavy atom. The first kappa shape index (κ1) is 16.8. The molecule has 0 aromatic carbocycles. The number of aromatic nitrogens is 2. The van der Waals surface area contributed by atoms with Gasteiger partial charge in [-0.15, -0.1) is 0 Å². The Balaban J connectivity index is 2.75. The van der Waals surface area contributed by atoms with E-state index >= 15 is 0 Å². The van der Waals surface area contributed by atoms with Crippen molar-refractivity contribution >= 4 is 11.6 Å². The van der Waals surface area contributed by atoms with E-state index in [4.69, 9.17) is 16.3 Å². The lowest BCUT2D eigenvalue weighted by Crippen LogP contribution is -2.41. The summed E-state index contributed by atoms with van der Waals surface area (Å²) in [6.07, 6.45) is -5.70. The molecule has 0 saturated carbocycles. The summed E-state index contributed by atoms with van der Waals surface area (Å²) in [6, 6.07) is 0.934. The number of nitrogens with zero attached hydrogens (tertiary/aromatic N) is 2. The highest BCUT2D eigenvalue weighted by Crippen LogP contribution is 2.35. The van der Waals surface area contributed by atoms with Crippen molar-refractivity contribution < 1.29 is 31.4 Å². The molecule has 0 saturated heterocycles. The molecule has 0 spiro atoms. The predicted molar refractivity (Wildman–Crippen MR) is 58.9 cm³/mol. The van der Waals surface area contributed by atoms with E-state index < -0.39 is 24.6 Å². The van der Waals surface area contributed by atoms with Crippen molar-refractivity contribution in [2.75, 3.05) is 13.2 Å². The summed E-state index contributed by atoms with van der Waals surface area (Å²) in [6.45, 7) is 0.0883. The van der Waals surface area contributed by atoms with Gasteiger partial charge in [0.1, 0.15) is 11.8 Å². The fourth-order valence-corrected chi connectivity index (χ4v) is 1.21.